The molecular weight excluding hydrogens is 168 g/mol. The Morgan fingerprint density at radius 1 is 1.46 bits per heavy atom. The summed E-state index contributed by atoms with van der Waals surface area (Å²) in [5, 5.41) is 0. The molecule has 1 amide bonds. The van der Waals surface area contributed by atoms with Crippen LogP contribution >= 0.6 is 0 Å². The van der Waals surface area contributed by atoms with Gasteiger partial charge < -0.3 is 4.74 Å². The highest BCUT2D eigenvalue weighted by molar-refractivity contribution is 5.75. The molecule has 0 bridgehead atoms. The van der Waals surface area contributed by atoms with Crippen molar-refractivity contribution >= 4 is 5.91 Å². The zero-order valence-corrected chi connectivity index (χ0v) is 7.92. The summed E-state index contributed by atoms with van der Waals surface area (Å²) in [5.41, 5.74) is 2.07. The number of amides is 1. The van der Waals surface area contributed by atoms with Crippen LogP contribution in [0, 0.1) is 0 Å². The molecule has 0 atom stereocenters. The van der Waals surface area contributed by atoms with Crippen LogP contribution in [0.3, 0.4) is 0 Å². The van der Waals surface area contributed by atoms with Crippen LogP contribution in [0.1, 0.15) is 25.7 Å². The van der Waals surface area contributed by atoms with Crippen molar-refractivity contribution < 1.29 is 9.53 Å². The summed E-state index contributed by atoms with van der Waals surface area (Å²) in [6.45, 7) is 4.95. The molecule has 13 heavy (non-hydrogen) atoms. The van der Waals surface area contributed by atoms with Gasteiger partial charge in [0.25, 0.3) is 0 Å². The second-order valence-corrected chi connectivity index (χ2v) is 2.71. The van der Waals surface area contributed by atoms with Crippen molar-refractivity contribution in [1.29, 1.82) is 0 Å². The first-order valence-corrected chi connectivity index (χ1v) is 4.49. The maximum atomic E-state index is 10.6. The molecule has 0 heterocycles. The summed E-state index contributed by atoms with van der Waals surface area (Å²) in [6.07, 6.45) is 4.98. The second kappa shape index (κ2) is 9.22. The van der Waals surface area contributed by atoms with Gasteiger partial charge in [-0.25, -0.2) is 5.84 Å². The summed E-state index contributed by atoms with van der Waals surface area (Å²) in [5.74, 6) is 4.76. The van der Waals surface area contributed by atoms with Gasteiger partial charge in [0.2, 0.25) is 5.91 Å². The molecule has 0 spiro atoms. The summed E-state index contributed by atoms with van der Waals surface area (Å²) in [7, 11) is 0. The third kappa shape index (κ3) is 9.04. The highest BCUT2D eigenvalue weighted by Crippen LogP contribution is 1.93. The van der Waals surface area contributed by atoms with Gasteiger partial charge in [0.05, 0.1) is 0 Å². The van der Waals surface area contributed by atoms with Crippen molar-refractivity contribution in [2.75, 3.05) is 13.2 Å². The van der Waals surface area contributed by atoms with Crippen LogP contribution in [0.15, 0.2) is 12.7 Å². The van der Waals surface area contributed by atoms with Crippen LogP contribution in [0.5, 0.6) is 0 Å². The lowest BCUT2D eigenvalue weighted by Gasteiger charge is -2.02. The van der Waals surface area contributed by atoms with Crippen molar-refractivity contribution in [1.82, 2.24) is 5.43 Å². The van der Waals surface area contributed by atoms with E-state index < -0.39 is 0 Å². The minimum atomic E-state index is -0.144. The number of nitrogens with two attached hydrogens (primary N) is 1. The van der Waals surface area contributed by atoms with Gasteiger partial charge in [-0.3, -0.25) is 10.2 Å². The third-order valence-electron chi connectivity index (χ3n) is 1.55. The Bertz CT molecular complexity index is 149. The van der Waals surface area contributed by atoms with E-state index in [0.29, 0.717) is 13.0 Å². The topological polar surface area (TPSA) is 64.3 Å². The van der Waals surface area contributed by atoms with Gasteiger partial charge in [-0.05, 0) is 19.3 Å². The molecule has 0 unspecified atom stereocenters. The van der Waals surface area contributed by atoms with Gasteiger partial charge in [-0.2, -0.15) is 0 Å². The summed E-state index contributed by atoms with van der Waals surface area (Å²) in [4.78, 5) is 10.6. The maximum Gasteiger partial charge on any atom is 0.233 e. The van der Waals surface area contributed by atoms with E-state index >= 15 is 0 Å². The van der Waals surface area contributed by atoms with E-state index in [4.69, 9.17) is 10.6 Å². The Balaban J connectivity index is 2.99. The van der Waals surface area contributed by atoms with E-state index in [9.17, 15) is 4.79 Å². The Morgan fingerprint density at radius 3 is 2.77 bits per heavy atom. The number of hydrogen-bond donors (Lipinski definition) is 2. The quantitative estimate of drug-likeness (QED) is 0.193. The van der Waals surface area contributed by atoms with Crippen LogP contribution in [-0.4, -0.2) is 19.1 Å². The molecule has 76 valence electrons. The standard InChI is InChI=1S/C9H18N2O2/c1-2-3-4-7-13-8-5-6-9(12)11-10/h2H,1,3-8,10H2,(H,11,12). The van der Waals surface area contributed by atoms with Gasteiger partial charge in [-0.1, -0.05) is 6.08 Å². The number of hydrogen-bond acceptors (Lipinski definition) is 3. The normalized spacial score (nSPS) is 9.62. The summed E-state index contributed by atoms with van der Waals surface area (Å²) >= 11 is 0. The summed E-state index contributed by atoms with van der Waals surface area (Å²) in [6, 6.07) is 0. The lowest BCUT2D eigenvalue weighted by Crippen LogP contribution is -2.29. The molecule has 0 radical (unpaired) electrons. The Labute approximate surface area is 79.1 Å². The molecule has 3 N–H and O–H groups in total. The van der Waals surface area contributed by atoms with Gasteiger partial charge in [0.1, 0.15) is 0 Å². The molecular formula is C9H18N2O2. The maximum absolute atomic E-state index is 10.6. The smallest absolute Gasteiger partial charge is 0.233 e. The van der Waals surface area contributed by atoms with Crippen molar-refractivity contribution in [2.45, 2.75) is 25.7 Å². The lowest BCUT2D eigenvalue weighted by molar-refractivity contribution is -0.121. The highest BCUT2D eigenvalue weighted by Gasteiger charge is 1.96. The predicted octanol–water partition coefficient (Wildman–Crippen LogP) is 0.739. The highest BCUT2D eigenvalue weighted by atomic mass is 16.5. The van der Waals surface area contributed by atoms with Gasteiger partial charge in [0, 0.05) is 19.6 Å². The van der Waals surface area contributed by atoms with E-state index in [1.54, 1.807) is 0 Å². The molecule has 0 aliphatic heterocycles. The van der Waals surface area contributed by atoms with E-state index in [1.165, 1.54) is 0 Å². The van der Waals surface area contributed by atoms with E-state index in [0.717, 1.165) is 25.9 Å². The monoisotopic (exact) mass is 186 g/mol. The van der Waals surface area contributed by atoms with E-state index in [1.807, 2.05) is 6.08 Å². The zero-order chi connectivity index (χ0) is 9.94. The van der Waals surface area contributed by atoms with E-state index in [2.05, 4.69) is 12.0 Å². The minimum absolute atomic E-state index is 0.144. The first kappa shape index (κ1) is 12.1. The molecule has 0 aliphatic rings. The number of allylic oxidation sites excluding steroid dienone is 1. The van der Waals surface area contributed by atoms with E-state index in [-0.39, 0.29) is 5.91 Å². The molecule has 4 heteroatoms. The van der Waals surface area contributed by atoms with Crippen molar-refractivity contribution in [3.63, 3.8) is 0 Å². The number of carbonyl (C=O) groups is 1. The molecule has 4 nitrogen and oxygen atoms in total. The summed E-state index contributed by atoms with van der Waals surface area (Å²) < 4.78 is 5.26. The fourth-order valence-corrected chi connectivity index (χ4v) is 0.839. The molecule has 0 rings (SSSR count). The molecule has 0 aromatic rings. The lowest BCUT2D eigenvalue weighted by atomic mass is 10.3. The number of ether oxygens (including phenoxy) is 1. The molecule has 0 aliphatic carbocycles. The average molecular weight is 186 g/mol. The van der Waals surface area contributed by atoms with Crippen molar-refractivity contribution in [3.8, 4) is 0 Å². The molecule has 0 aromatic carbocycles. The Hall–Kier alpha value is -0.870. The minimum Gasteiger partial charge on any atom is -0.381 e. The SMILES string of the molecule is C=CCCCOCCCC(=O)NN. The fraction of sp³-hybridized carbons (Fsp3) is 0.667. The van der Waals surface area contributed by atoms with Crippen LogP contribution in [-0.2, 0) is 9.53 Å². The average Bonchev–Trinajstić information content (AvgIpc) is 2.16. The molecule has 0 aromatic heterocycles. The Kier molecular flexibility index (Phi) is 8.60. The van der Waals surface area contributed by atoms with Crippen LogP contribution in [0.2, 0.25) is 0 Å². The number of carbonyl (C=O) groups excluding carboxylic acids is 1. The van der Waals surface area contributed by atoms with Crippen LogP contribution in [0.4, 0.5) is 0 Å². The van der Waals surface area contributed by atoms with Crippen LogP contribution in [0.25, 0.3) is 0 Å². The van der Waals surface area contributed by atoms with Gasteiger partial charge in [0.15, 0.2) is 0 Å². The number of rotatable bonds is 8. The molecule has 0 fully saturated rings. The van der Waals surface area contributed by atoms with Gasteiger partial charge in [-0.15, -0.1) is 6.58 Å². The molecule has 0 saturated carbocycles. The number of hydrazine groups is 1. The predicted molar refractivity (Wildman–Crippen MR) is 51.8 cm³/mol. The first-order valence-electron chi connectivity index (χ1n) is 4.49. The fourth-order valence-electron chi connectivity index (χ4n) is 0.839. The number of unbranched alkanes of at least 4 members (excludes halogenated alkanes) is 1. The number of nitrogens with one attached hydrogen (secondary N) is 1. The van der Waals surface area contributed by atoms with Gasteiger partial charge >= 0.3 is 0 Å². The molecule has 0 saturated heterocycles. The third-order valence-corrected chi connectivity index (χ3v) is 1.55. The van der Waals surface area contributed by atoms with Crippen molar-refractivity contribution in [3.05, 3.63) is 12.7 Å². The van der Waals surface area contributed by atoms with Crippen LogP contribution < -0.4 is 11.3 Å². The Morgan fingerprint density at radius 2 is 2.15 bits per heavy atom. The van der Waals surface area contributed by atoms with Crippen molar-refractivity contribution in [2.24, 2.45) is 5.84 Å². The largest absolute Gasteiger partial charge is 0.381 e. The zero-order valence-electron chi connectivity index (χ0n) is 7.92. The second-order valence-electron chi connectivity index (χ2n) is 2.71. The first-order chi connectivity index (χ1) is 6.31.